The second-order valence-corrected chi connectivity index (χ2v) is 10.0. The van der Waals surface area contributed by atoms with E-state index in [-0.39, 0.29) is 22.9 Å². The van der Waals surface area contributed by atoms with Crippen molar-refractivity contribution in [1.29, 1.82) is 0 Å². The molecule has 0 heterocycles. The molecule has 1 atom stereocenters. The number of hydrogen-bond acceptors (Lipinski definition) is 3. The number of amides is 1. The highest BCUT2D eigenvalue weighted by atomic mass is 32.2. The van der Waals surface area contributed by atoms with Gasteiger partial charge < -0.3 is 10.6 Å². The SMILES string of the molecule is C[C@H]([NH2+]CC(=O)Nc1ccc(S(=O)(=O)N(C)C2CCCCC2)cc1)c1ccccc1. The van der Waals surface area contributed by atoms with E-state index in [0.29, 0.717) is 12.2 Å². The number of benzene rings is 2. The lowest BCUT2D eigenvalue weighted by molar-refractivity contribution is -0.682. The summed E-state index contributed by atoms with van der Waals surface area (Å²) in [7, 11) is -1.85. The van der Waals surface area contributed by atoms with Gasteiger partial charge in [-0.2, -0.15) is 4.31 Å². The number of sulfonamides is 1. The zero-order valence-electron chi connectivity index (χ0n) is 17.8. The van der Waals surface area contributed by atoms with E-state index in [4.69, 9.17) is 0 Å². The number of rotatable bonds is 8. The number of nitrogens with one attached hydrogen (secondary N) is 1. The minimum absolute atomic E-state index is 0.0743. The van der Waals surface area contributed by atoms with Crippen LogP contribution in [0.2, 0.25) is 0 Å². The van der Waals surface area contributed by atoms with Crippen LogP contribution >= 0.6 is 0 Å². The number of carbonyl (C=O) groups is 1. The molecular formula is C23H32N3O3S+. The minimum atomic E-state index is -3.52. The average Bonchev–Trinajstić information content (AvgIpc) is 2.78. The molecule has 1 aliphatic carbocycles. The highest BCUT2D eigenvalue weighted by molar-refractivity contribution is 7.89. The molecule has 3 N–H and O–H groups in total. The second-order valence-electron chi connectivity index (χ2n) is 8.02. The smallest absolute Gasteiger partial charge is 0.279 e. The van der Waals surface area contributed by atoms with Crippen LogP contribution in [-0.2, 0) is 14.8 Å². The summed E-state index contributed by atoms with van der Waals surface area (Å²) in [6, 6.07) is 16.7. The minimum Gasteiger partial charge on any atom is -0.333 e. The first-order valence-electron chi connectivity index (χ1n) is 10.6. The summed E-state index contributed by atoms with van der Waals surface area (Å²) in [6.45, 7) is 2.35. The average molecular weight is 431 g/mol. The van der Waals surface area contributed by atoms with E-state index in [2.05, 4.69) is 12.2 Å². The number of anilines is 1. The van der Waals surface area contributed by atoms with Gasteiger partial charge in [0, 0.05) is 24.3 Å². The Morgan fingerprint density at radius 1 is 1.07 bits per heavy atom. The zero-order chi connectivity index (χ0) is 21.6. The molecular weight excluding hydrogens is 398 g/mol. The van der Waals surface area contributed by atoms with Crippen LogP contribution in [0.5, 0.6) is 0 Å². The molecule has 0 bridgehead atoms. The number of nitrogens with two attached hydrogens (primary N) is 1. The normalized spacial score (nSPS) is 16.4. The molecule has 0 aromatic heterocycles. The van der Waals surface area contributed by atoms with Gasteiger partial charge in [0.1, 0.15) is 6.04 Å². The van der Waals surface area contributed by atoms with Crippen LogP contribution in [0.3, 0.4) is 0 Å². The van der Waals surface area contributed by atoms with Crippen molar-refractivity contribution in [3.63, 3.8) is 0 Å². The molecule has 162 valence electrons. The maximum absolute atomic E-state index is 12.9. The number of hydrogen-bond donors (Lipinski definition) is 2. The third-order valence-electron chi connectivity index (χ3n) is 5.89. The largest absolute Gasteiger partial charge is 0.333 e. The van der Waals surface area contributed by atoms with Crippen LogP contribution in [0.25, 0.3) is 0 Å². The zero-order valence-corrected chi connectivity index (χ0v) is 18.6. The Morgan fingerprint density at radius 2 is 1.70 bits per heavy atom. The Kier molecular flexibility index (Phi) is 7.64. The fourth-order valence-corrected chi connectivity index (χ4v) is 5.32. The molecule has 2 aromatic carbocycles. The molecule has 0 spiro atoms. The highest BCUT2D eigenvalue weighted by Gasteiger charge is 2.28. The Balaban J connectivity index is 1.55. The quantitative estimate of drug-likeness (QED) is 0.675. The molecule has 0 radical (unpaired) electrons. The van der Waals surface area contributed by atoms with Crippen LogP contribution in [-0.4, -0.2) is 38.3 Å². The van der Waals surface area contributed by atoms with Crippen LogP contribution < -0.4 is 10.6 Å². The fraction of sp³-hybridized carbons (Fsp3) is 0.435. The van der Waals surface area contributed by atoms with E-state index < -0.39 is 10.0 Å². The fourth-order valence-electron chi connectivity index (χ4n) is 3.91. The van der Waals surface area contributed by atoms with Gasteiger partial charge in [-0.3, -0.25) is 4.79 Å². The maximum atomic E-state index is 12.9. The third-order valence-corrected chi connectivity index (χ3v) is 7.81. The molecule has 1 aliphatic rings. The van der Waals surface area contributed by atoms with Gasteiger partial charge in [-0.25, -0.2) is 8.42 Å². The number of nitrogens with zero attached hydrogens (tertiary/aromatic N) is 1. The van der Waals surface area contributed by atoms with Crippen LogP contribution in [0.1, 0.15) is 50.6 Å². The van der Waals surface area contributed by atoms with E-state index in [1.165, 1.54) is 16.3 Å². The molecule has 0 aliphatic heterocycles. The predicted octanol–water partition coefficient (Wildman–Crippen LogP) is 2.90. The van der Waals surface area contributed by atoms with E-state index in [0.717, 1.165) is 25.7 Å². The van der Waals surface area contributed by atoms with Crippen molar-refractivity contribution in [2.24, 2.45) is 0 Å². The lowest BCUT2D eigenvalue weighted by atomic mass is 9.96. The monoisotopic (exact) mass is 430 g/mol. The summed E-state index contributed by atoms with van der Waals surface area (Å²) in [5.41, 5.74) is 1.77. The topological polar surface area (TPSA) is 83.1 Å². The van der Waals surface area contributed by atoms with Crippen molar-refractivity contribution in [1.82, 2.24) is 4.31 Å². The summed E-state index contributed by atoms with van der Waals surface area (Å²) >= 11 is 0. The highest BCUT2D eigenvalue weighted by Crippen LogP contribution is 2.26. The maximum Gasteiger partial charge on any atom is 0.279 e. The van der Waals surface area contributed by atoms with Gasteiger partial charge in [0.15, 0.2) is 6.54 Å². The third kappa shape index (κ3) is 5.68. The van der Waals surface area contributed by atoms with Gasteiger partial charge in [-0.1, -0.05) is 49.6 Å². The van der Waals surface area contributed by atoms with Crippen molar-refractivity contribution in [3.8, 4) is 0 Å². The lowest BCUT2D eigenvalue weighted by Gasteiger charge is -2.30. The molecule has 1 amide bonds. The standard InChI is InChI=1S/C23H31N3O3S/c1-18(19-9-5-3-6-10-19)24-17-23(27)25-20-13-15-22(16-14-20)30(28,29)26(2)21-11-7-4-8-12-21/h3,5-6,9-10,13-16,18,21,24H,4,7-8,11-12,17H2,1-2H3,(H,25,27)/p+1/t18-/m0/s1. The first-order valence-corrected chi connectivity index (χ1v) is 12.1. The molecule has 3 rings (SSSR count). The molecule has 6 nitrogen and oxygen atoms in total. The molecule has 0 saturated heterocycles. The van der Waals surface area contributed by atoms with Gasteiger partial charge in [-0.15, -0.1) is 0 Å². The Hall–Kier alpha value is -2.22. The Bertz CT molecular complexity index is 924. The summed E-state index contributed by atoms with van der Waals surface area (Å²) in [5, 5.41) is 4.82. The van der Waals surface area contributed by atoms with E-state index in [9.17, 15) is 13.2 Å². The molecule has 30 heavy (non-hydrogen) atoms. The van der Waals surface area contributed by atoms with Crippen molar-refractivity contribution in [2.45, 2.75) is 56.0 Å². The second kappa shape index (κ2) is 10.2. The van der Waals surface area contributed by atoms with E-state index in [1.807, 2.05) is 35.6 Å². The predicted molar refractivity (Wildman–Crippen MR) is 119 cm³/mol. The van der Waals surface area contributed by atoms with Crippen LogP contribution in [0, 0.1) is 0 Å². The van der Waals surface area contributed by atoms with Gasteiger partial charge >= 0.3 is 0 Å². The Labute approximate surface area is 179 Å². The molecule has 1 saturated carbocycles. The van der Waals surface area contributed by atoms with Gasteiger partial charge in [0.2, 0.25) is 10.0 Å². The summed E-state index contributed by atoms with van der Waals surface area (Å²) in [5.74, 6) is -0.118. The summed E-state index contributed by atoms with van der Waals surface area (Å²) in [4.78, 5) is 12.5. The van der Waals surface area contributed by atoms with Crippen molar-refractivity contribution in [3.05, 3.63) is 60.2 Å². The Morgan fingerprint density at radius 3 is 2.33 bits per heavy atom. The van der Waals surface area contributed by atoms with Crippen LogP contribution in [0.4, 0.5) is 5.69 Å². The molecule has 1 fully saturated rings. The first kappa shape index (κ1) is 22.5. The molecule has 0 unspecified atom stereocenters. The summed E-state index contributed by atoms with van der Waals surface area (Å²) in [6.07, 6.45) is 5.18. The van der Waals surface area contributed by atoms with E-state index >= 15 is 0 Å². The van der Waals surface area contributed by atoms with Gasteiger partial charge in [-0.05, 0) is 44.0 Å². The number of carbonyl (C=O) groups excluding carboxylic acids is 1. The first-order chi connectivity index (χ1) is 14.4. The van der Waals surface area contributed by atoms with Gasteiger partial charge in [0.25, 0.3) is 5.91 Å². The van der Waals surface area contributed by atoms with E-state index in [1.54, 1.807) is 31.3 Å². The van der Waals surface area contributed by atoms with Crippen molar-refractivity contribution >= 4 is 21.6 Å². The molecule has 7 heteroatoms. The summed E-state index contributed by atoms with van der Waals surface area (Å²) < 4.78 is 27.3. The lowest BCUT2D eigenvalue weighted by Crippen LogP contribution is -2.86. The van der Waals surface area contributed by atoms with Crippen molar-refractivity contribution < 1.29 is 18.5 Å². The van der Waals surface area contributed by atoms with Crippen molar-refractivity contribution in [2.75, 3.05) is 18.9 Å². The number of quaternary nitrogens is 1. The van der Waals surface area contributed by atoms with Crippen LogP contribution in [0.15, 0.2) is 59.5 Å². The molecule has 2 aromatic rings. The van der Waals surface area contributed by atoms with Gasteiger partial charge in [0.05, 0.1) is 4.90 Å².